The van der Waals surface area contributed by atoms with Gasteiger partial charge in [0.25, 0.3) is 0 Å². The first-order valence-corrected chi connectivity index (χ1v) is 4.65. The molecule has 2 rings (SSSR count). The largest absolute Gasteiger partial charge is 0.382 e. The van der Waals surface area contributed by atoms with Crippen molar-refractivity contribution >= 4 is 0 Å². The molecule has 0 amide bonds. The molecule has 1 unspecified atom stereocenters. The normalized spacial score (nSPS) is 12.4. The van der Waals surface area contributed by atoms with Gasteiger partial charge in [-0.2, -0.15) is 0 Å². The maximum Gasteiger partial charge on any atom is 0.125 e. The van der Waals surface area contributed by atoms with E-state index in [2.05, 4.69) is 15.0 Å². The van der Waals surface area contributed by atoms with E-state index in [1.54, 1.807) is 37.6 Å². The number of hydrogen-bond donors (Lipinski definition) is 1. The summed E-state index contributed by atoms with van der Waals surface area (Å²) in [4.78, 5) is 12.1. The number of hydrogen-bond acceptors (Lipinski definition) is 4. The lowest BCUT2D eigenvalue weighted by atomic mass is 10.1. The standard InChI is InChI=1S/C11H11N3O/c1-8-13-6-4-10(14-8)11(15)9-3-2-5-12-7-9/h2-7,11,15H,1H3. The zero-order valence-corrected chi connectivity index (χ0v) is 8.33. The van der Waals surface area contributed by atoms with Gasteiger partial charge in [0.05, 0.1) is 5.69 Å². The van der Waals surface area contributed by atoms with Gasteiger partial charge in [-0.15, -0.1) is 0 Å². The molecule has 0 aliphatic rings. The van der Waals surface area contributed by atoms with E-state index < -0.39 is 6.10 Å². The van der Waals surface area contributed by atoms with Crippen molar-refractivity contribution in [3.63, 3.8) is 0 Å². The first-order valence-electron chi connectivity index (χ1n) is 4.65. The molecule has 0 saturated heterocycles. The van der Waals surface area contributed by atoms with Crippen molar-refractivity contribution in [2.45, 2.75) is 13.0 Å². The lowest BCUT2D eigenvalue weighted by Gasteiger charge is -2.09. The fourth-order valence-electron chi connectivity index (χ4n) is 1.34. The molecule has 2 heterocycles. The SMILES string of the molecule is Cc1nccc(C(O)c2cccnc2)n1. The maximum absolute atomic E-state index is 9.99. The van der Waals surface area contributed by atoms with E-state index in [1.807, 2.05) is 6.07 Å². The van der Waals surface area contributed by atoms with Crippen LogP contribution in [0.5, 0.6) is 0 Å². The Labute approximate surface area is 87.7 Å². The van der Waals surface area contributed by atoms with Crippen LogP contribution in [0.15, 0.2) is 36.8 Å². The Morgan fingerprint density at radius 2 is 2.13 bits per heavy atom. The quantitative estimate of drug-likeness (QED) is 0.794. The number of aliphatic hydroxyl groups excluding tert-OH is 1. The molecular weight excluding hydrogens is 190 g/mol. The van der Waals surface area contributed by atoms with E-state index in [0.717, 1.165) is 5.56 Å². The molecule has 2 aromatic rings. The summed E-state index contributed by atoms with van der Waals surface area (Å²) in [7, 11) is 0. The third-order valence-corrected chi connectivity index (χ3v) is 2.08. The maximum atomic E-state index is 9.99. The molecule has 0 aliphatic heterocycles. The summed E-state index contributed by atoms with van der Waals surface area (Å²) in [6.45, 7) is 1.79. The van der Waals surface area contributed by atoms with Gasteiger partial charge in [-0.05, 0) is 19.1 Å². The molecule has 2 aromatic heterocycles. The molecular formula is C11H11N3O. The Kier molecular flexibility index (Phi) is 2.69. The molecule has 0 fully saturated rings. The molecule has 15 heavy (non-hydrogen) atoms. The van der Waals surface area contributed by atoms with Crippen molar-refractivity contribution in [2.75, 3.05) is 0 Å². The van der Waals surface area contributed by atoms with Crippen LogP contribution in [0, 0.1) is 6.92 Å². The highest BCUT2D eigenvalue weighted by Gasteiger charge is 2.11. The third kappa shape index (κ3) is 2.16. The Morgan fingerprint density at radius 3 is 2.80 bits per heavy atom. The van der Waals surface area contributed by atoms with Crippen LogP contribution in [0.1, 0.15) is 23.2 Å². The summed E-state index contributed by atoms with van der Waals surface area (Å²) in [5, 5.41) is 9.99. The molecule has 1 N–H and O–H groups in total. The monoisotopic (exact) mass is 201 g/mol. The highest BCUT2D eigenvalue weighted by molar-refractivity contribution is 5.21. The second kappa shape index (κ2) is 4.14. The Hall–Kier alpha value is -1.81. The Morgan fingerprint density at radius 1 is 1.27 bits per heavy atom. The predicted molar refractivity (Wildman–Crippen MR) is 55.1 cm³/mol. The molecule has 0 spiro atoms. The van der Waals surface area contributed by atoms with E-state index in [1.165, 1.54) is 0 Å². The fourth-order valence-corrected chi connectivity index (χ4v) is 1.34. The van der Waals surface area contributed by atoms with E-state index in [4.69, 9.17) is 0 Å². The zero-order valence-electron chi connectivity index (χ0n) is 8.33. The van der Waals surface area contributed by atoms with Gasteiger partial charge in [-0.25, -0.2) is 9.97 Å². The summed E-state index contributed by atoms with van der Waals surface area (Å²) in [5.74, 6) is 0.649. The first kappa shape index (κ1) is 9.73. The van der Waals surface area contributed by atoms with Gasteiger partial charge in [-0.1, -0.05) is 6.07 Å². The first-order chi connectivity index (χ1) is 7.27. The number of nitrogens with zero attached hydrogens (tertiary/aromatic N) is 3. The number of aliphatic hydroxyl groups is 1. The minimum atomic E-state index is -0.736. The fraction of sp³-hybridized carbons (Fsp3) is 0.182. The molecule has 76 valence electrons. The Bertz CT molecular complexity index is 445. The highest BCUT2D eigenvalue weighted by atomic mass is 16.3. The number of aryl methyl sites for hydroxylation is 1. The Balaban J connectivity index is 2.32. The average molecular weight is 201 g/mol. The lowest BCUT2D eigenvalue weighted by molar-refractivity contribution is 0.214. The third-order valence-electron chi connectivity index (χ3n) is 2.08. The lowest BCUT2D eigenvalue weighted by Crippen LogP contribution is -2.04. The molecule has 0 bridgehead atoms. The van der Waals surface area contributed by atoms with Crippen molar-refractivity contribution in [2.24, 2.45) is 0 Å². The summed E-state index contributed by atoms with van der Waals surface area (Å²) < 4.78 is 0. The number of aromatic nitrogens is 3. The van der Waals surface area contributed by atoms with Gasteiger partial charge in [-0.3, -0.25) is 4.98 Å². The molecule has 0 saturated carbocycles. The van der Waals surface area contributed by atoms with Crippen LogP contribution in [0.3, 0.4) is 0 Å². The van der Waals surface area contributed by atoms with Gasteiger partial charge >= 0.3 is 0 Å². The van der Waals surface area contributed by atoms with Crippen LogP contribution in [-0.4, -0.2) is 20.1 Å². The average Bonchev–Trinajstić information content (AvgIpc) is 2.29. The van der Waals surface area contributed by atoms with Crippen molar-refractivity contribution in [3.05, 3.63) is 53.9 Å². The second-order valence-corrected chi connectivity index (χ2v) is 3.22. The molecule has 0 aromatic carbocycles. The van der Waals surface area contributed by atoms with Crippen molar-refractivity contribution in [3.8, 4) is 0 Å². The van der Waals surface area contributed by atoms with E-state index in [9.17, 15) is 5.11 Å². The van der Waals surface area contributed by atoms with Crippen LogP contribution in [-0.2, 0) is 0 Å². The van der Waals surface area contributed by atoms with Crippen LogP contribution in [0.25, 0.3) is 0 Å². The van der Waals surface area contributed by atoms with Gasteiger partial charge in [0.15, 0.2) is 0 Å². The summed E-state index contributed by atoms with van der Waals surface area (Å²) >= 11 is 0. The van der Waals surface area contributed by atoms with Crippen LogP contribution >= 0.6 is 0 Å². The van der Waals surface area contributed by atoms with Crippen LogP contribution in [0.2, 0.25) is 0 Å². The second-order valence-electron chi connectivity index (χ2n) is 3.22. The van der Waals surface area contributed by atoms with Crippen LogP contribution in [0.4, 0.5) is 0 Å². The topological polar surface area (TPSA) is 58.9 Å². The summed E-state index contributed by atoms with van der Waals surface area (Å²) in [6.07, 6.45) is 4.20. The van der Waals surface area contributed by atoms with Crippen LogP contribution < -0.4 is 0 Å². The number of pyridine rings is 1. The molecule has 1 atom stereocenters. The van der Waals surface area contributed by atoms with Crippen molar-refractivity contribution in [1.82, 2.24) is 15.0 Å². The highest BCUT2D eigenvalue weighted by Crippen LogP contribution is 2.18. The van der Waals surface area contributed by atoms with Crippen molar-refractivity contribution < 1.29 is 5.11 Å². The molecule has 0 aliphatic carbocycles. The van der Waals surface area contributed by atoms with Gasteiger partial charge in [0, 0.05) is 24.2 Å². The minimum absolute atomic E-state index is 0.593. The smallest absolute Gasteiger partial charge is 0.125 e. The van der Waals surface area contributed by atoms with E-state index in [-0.39, 0.29) is 0 Å². The molecule has 0 radical (unpaired) electrons. The number of rotatable bonds is 2. The van der Waals surface area contributed by atoms with Gasteiger partial charge in [0.1, 0.15) is 11.9 Å². The zero-order chi connectivity index (χ0) is 10.7. The van der Waals surface area contributed by atoms with Gasteiger partial charge < -0.3 is 5.11 Å². The van der Waals surface area contributed by atoms with E-state index in [0.29, 0.717) is 11.5 Å². The van der Waals surface area contributed by atoms with Crippen molar-refractivity contribution in [1.29, 1.82) is 0 Å². The molecule has 4 nitrogen and oxygen atoms in total. The summed E-state index contributed by atoms with van der Waals surface area (Å²) in [6, 6.07) is 5.30. The minimum Gasteiger partial charge on any atom is -0.382 e. The van der Waals surface area contributed by atoms with Gasteiger partial charge in [0.2, 0.25) is 0 Å². The molecule has 4 heteroatoms. The predicted octanol–water partition coefficient (Wildman–Crippen LogP) is 1.26. The summed E-state index contributed by atoms with van der Waals surface area (Å²) in [5.41, 5.74) is 1.33. The van der Waals surface area contributed by atoms with E-state index >= 15 is 0 Å².